The number of thiophene rings is 1. The van der Waals surface area contributed by atoms with Crippen molar-refractivity contribution in [3.05, 3.63) is 44.4 Å². The summed E-state index contributed by atoms with van der Waals surface area (Å²) in [5.41, 5.74) is -0.0206. The Morgan fingerprint density at radius 2 is 2.25 bits per heavy atom. The maximum absolute atomic E-state index is 10.9. The minimum absolute atomic E-state index is 0.0206. The Hall–Kier alpha value is -1.11. The van der Waals surface area contributed by atoms with Crippen LogP contribution in [-0.4, -0.2) is 16.2 Å². The Balaban J connectivity index is 2.42. The quantitative estimate of drug-likeness (QED) is 0.914. The maximum Gasteiger partial charge on any atom is 0.339 e. The van der Waals surface area contributed by atoms with Gasteiger partial charge >= 0.3 is 5.97 Å². The van der Waals surface area contributed by atoms with Crippen LogP contribution < -0.4 is 0 Å². The molecule has 0 aromatic carbocycles. The first-order valence-corrected chi connectivity index (χ1v) is 6.00. The molecule has 0 saturated heterocycles. The lowest BCUT2D eigenvalue weighted by atomic mass is 10.1. The summed E-state index contributed by atoms with van der Waals surface area (Å²) in [6.07, 6.45) is 0.194. The highest BCUT2D eigenvalue weighted by atomic mass is 79.9. The summed E-state index contributed by atoms with van der Waals surface area (Å²) in [6, 6.07) is 3.11. The number of hydrogen-bond acceptors (Lipinski definition) is 4. The van der Waals surface area contributed by atoms with Gasteiger partial charge in [-0.1, -0.05) is 0 Å². The highest BCUT2D eigenvalue weighted by Crippen LogP contribution is 2.34. The number of aliphatic hydroxyl groups excluding tert-OH is 1. The number of halogens is 1. The Morgan fingerprint density at radius 1 is 1.50 bits per heavy atom. The second-order valence-corrected chi connectivity index (χ2v) is 4.84. The van der Waals surface area contributed by atoms with Gasteiger partial charge in [-0.2, -0.15) is 0 Å². The lowest BCUT2D eigenvalue weighted by molar-refractivity contribution is 0.0687. The Labute approximate surface area is 103 Å². The van der Waals surface area contributed by atoms with Crippen LogP contribution in [0, 0.1) is 0 Å². The van der Waals surface area contributed by atoms with Crippen LogP contribution in [0.4, 0.5) is 0 Å². The van der Waals surface area contributed by atoms with Crippen LogP contribution in [0.25, 0.3) is 0 Å². The third-order valence-corrected chi connectivity index (χ3v) is 3.99. The molecule has 0 aliphatic rings. The van der Waals surface area contributed by atoms with Crippen LogP contribution in [0.5, 0.6) is 0 Å². The van der Waals surface area contributed by atoms with Gasteiger partial charge in [-0.3, -0.25) is 0 Å². The first-order valence-electron chi connectivity index (χ1n) is 4.33. The summed E-state index contributed by atoms with van der Waals surface area (Å²) in [5, 5.41) is 20.7. The van der Waals surface area contributed by atoms with Crippen molar-refractivity contribution < 1.29 is 19.4 Å². The summed E-state index contributed by atoms with van der Waals surface area (Å²) < 4.78 is 5.76. The number of furan rings is 1. The number of carbonyl (C=O) groups is 1. The number of aliphatic hydroxyl groups is 1. The molecule has 0 amide bonds. The van der Waals surface area contributed by atoms with E-state index < -0.39 is 12.1 Å². The van der Waals surface area contributed by atoms with Gasteiger partial charge in [0.2, 0.25) is 0 Å². The zero-order valence-electron chi connectivity index (χ0n) is 7.88. The molecule has 1 atom stereocenters. The van der Waals surface area contributed by atoms with E-state index in [1.165, 1.54) is 23.7 Å². The van der Waals surface area contributed by atoms with E-state index in [-0.39, 0.29) is 11.3 Å². The zero-order valence-corrected chi connectivity index (χ0v) is 10.3. The molecule has 2 N–H and O–H groups in total. The molecular weight excluding hydrogens is 296 g/mol. The van der Waals surface area contributed by atoms with Crippen LogP contribution in [-0.2, 0) is 0 Å². The van der Waals surface area contributed by atoms with E-state index in [1.807, 2.05) is 0 Å². The molecule has 2 aromatic heterocycles. The smallest absolute Gasteiger partial charge is 0.339 e. The van der Waals surface area contributed by atoms with E-state index in [9.17, 15) is 9.90 Å². The standard InChI is InChI=1S/C10H7BrO4S/c11-6-2-4-16-9(6)7(12)8-5(10(13)14)1-3-15-8/h1-4,7,12H,(H,13,14). The molecule has 0 fully saturated rings. The van der Waals surface area contributed by atoms with Crippen molar-refractivity contribution in [1.29, 1.82) is 0 Å². The minimum Gasteiger partial charge on any atom is -0.478 e. The fourth-order valence-corrected chi connectivity index (χ4v) is 2.90. The number of aromatic carboxylic acids is 1. The predicted octanol–water partition coefficient (Wildman–Crippen LogP) is 2.88. The molecule has 2 heterocycles. The molecule has 0 aliphatic carbocycles. The summed E-state index contributed by atoms with van der Waals surface area (Å²) in [5.74, 6) is -1.06. The van der Waals surface area contributed by atoms with Gasteiger partial charge in [0.05, 0.1) is 11.1 Å². The molecule has 2 rings (SSSR count). The van der Waals surface area contributed by atoms with Gasteiger partial charge in [0.1, 0.15) is 11.7 Å². The van der Waals surface area contributed by atoms with Crippen LogP contribution in [0.2, 0.25) is 0 Å². The first-order chi connectivity index (χ1) is 7.61. The molecule has 0 aliphatic heterocycles. The van der Waals surface area contributed by atoms with E-state index >= 15 is 0 Å². The van der Waals surface area contributed by atoms with Crippen LogP contribution in [0.3, 0.4) is 0 Å². The second-order valence-electron chi connectivity index (χ2n) is 3.04. The topological polar surface area (TPSA) is 70.7 Å². The monoisotopic (exact) mass is 302 g/mol. The van der Waals surface area contributed by atoms with E-state index in [0.29, 0.717) is 4.88 Å². The molecule has 0 spiro atoms. The average Bonchev–Trinajstić information content (AvgIpc) is 2.84. The molecule has 2 aromatic rings. The van der Waals surface area contributed by atoms with Crippen molar-refractivity contribution in [2.24, 2.45) is 0 Å². The van der Waals surface area contributed by atoms with Gasteiger partial charge in [0, 0.05) is 4.47 Å². The lowest BCUT2D eigenvalue weighted by Crippen LogP contribution is -2.04. The van der Waals surface area contributed by atoms with Gasteiger partial charge in [-0.05, 0) is 33.4 Å². The van der Waals surface area contributed by atoms with E-state index in [1.54, 1.807) is 11.4 Å². The van der Waals surface area contributed by atoms with Gasteiger partial charge in [-0.25, -0.2) is 4.79 Å². The molecule has 1 unspecified atom stereocenters. The highest BCUT2D eigenvalue weighted by Gasteiger charge is 2.24. The maximum atomic E-state index is 10.9. The van der Waals surface area contributed by atoms with Gasteiger partial charge in [0.25, 0.3) is 0 Å². The normalized spacial score (nSPS) is 12.6. The number of carboxylic acid groups (broad SMARTS) is 1. The molecule has 6 heteroatoms. The molecule has 4 nitrogen and oxygen atoms in total. The van der Waals surface area contributed by atoms with Crippen molar-refractivity contribution in [2.75, 3.05) is 0 Å². The molecule has 0 radical (unpaired) electrons. The van der Waals surface area contributed by atoms with Crippen molar-refractivity contribution in [1.82, 2.24) is 0 Å². The third kappa shape index (κ3) is 1.91. The molecule has 0 bridgehead atoms. The highest BCUT2D eigenvalue weighted by molar-refractivity contribution is 9.10. The zero-order chi connectivity index (χ0) is 11.7. The molecule has 84 valence electrons. The van der Waals surface area contributed by atoms with Gasteiger partial charge < -0.3 is 14.6 Å². The number of hydrogen-bond donors (Lipinski definition) is 2. The average molecular weight is 303 g/mol. The van der Waals surface area contributed by atoms with Crippen molar-refractivity contribution in [3.63, 3.8) is 0 Å². The second kappa shape index (κ2) is 4.40. The van der Waals surface area contributed by atoms with Gasteiger partial charge in [-0.15, -0.1) is 11.3 Å². The fraction of sp³-hybridized carbons (Fsp3) is 0.100. The van der Waals surface area contributed by atoms with Crippen LogP contribution >= 0.6 is 27.3 Å². The summed E-state index contributed by atoms with van der Waals surface area (Å²) in [4.78, 5) is 11.5. The van der Waals surface area contributed by atoms with Crippen molar-refractivity contribution >= 4 is 33.2 Å². The summed E-state index contributed by atoms with van der Waals surface area (Å²) >= 11 is 4.60. The predicted molar refractivity (Wildman–Crippen MR) is 61.7 cm³/mol. The lowest BCUT2D eigenvalue weighted by Gasteiger charge is -2.07. The Kier molecular flexibility index (Phi) is 3.13. The molecule has 0 saturated carbocycles. The molecule has 16 heavy (non-hydrogen) atoms. The number of carboxylic acids is 1. The summed E-state index contributed by atoms with van der Waals surface area (Å²) in [6.45, 7) is 0. The fourth-order valence-electron chi connectivity index (χ4n) is 1.33. The summed E-state index contributed by atoms with van der Waals surface area (Å²) in [7, 11) is 0. The number of rotatable bonds is 3. The van der Waals surface area contributed by atoms with Crippen LogP contribution in [0.1, 0.15) is 27.1 Å². The SMILES string of the molecule is O=C(O)c1ccoc1C(O)c1sccc1Br. The van der Waals surface area contributed by atoms with E-state index in [2.05, 4.69) is 15.9 Å². The van der Waals surface area contributed by atoms with Gasteiger partial charge in [0.15, 0.2) is 5.76 Å². The first kappa shape index (κ1) is 11.4. The Morgan fingerprint density at radius 3 is 2.81 bits per heavy atom. The van der Waals surface area contributed by atoms with Crippen molar-refractivity contribution in [2.45, 2.75) is 6.10 Å². The van der Waals surface area contributed by atoms with Crippen molar-refractivity contribution in [3.8, 4) is 0 Å². The Bertz CT molecular complexity index is 516. The van der Waals surface area contributed by atoms with E-state index in [4.69, 9.17) is 9.52 Å². The van der Waals surface area contributed by atoms with E-state index in [0.717, 1.165) is 4.47 Å². The minimum atomic E-state index is -1.12. The van der Waals surface area contributed by atoms with Crippen LogP contribution in [0.15, 0.2) is 32.7 Å². The molecular formula is C10H7BrO4S. The third-order valence-electron chi connectivity index (χ3n) is 2.07. The largest absolute Gasteiger partial charge is 0.478 e.